The van der Waals surface area contributed by atoms with Crippen LogP contribution in [-0.4, -0.2) is 18.2 Å². The summed E-state index contributed by atoms with van der Waals surface area (Å²) >= 11 is 0. The van der Waals surface area contributed by atoms with Gasteiger partial charge in [0.25, 0.3) is 5.91 Å². The zero-order valence-corrected chi connectivity index (χ0v) is 12.6. The first-order chi connectivity index (χ1) is 10.8. The number of hydrogen-bond acceptors (Lipinski definition) is 2. The van der Waals surface area contributed by atoms with E-state index in [-0.39, 0.29) is 5.91 Å². The van der Waals surface area contributed by atoms with Crippen LogP contribution in [0.15, 0.2) is 65.7 Å². The van der Waals surface area contributed by atoms with E-state index in [1.807, 2.05) is 65.6 Å². The average molecular weight is 292 g/mol. The molecule has 0 N–H and O–H groups in total. The monoisotopic (exact) mass is 292 g/mol. The third-order valence-corrected chi connectivity index (χ3v) is 3.90. The molecule has 1 fully saturated rings. The highest BCUT2D eigenvalue weighted by atomic mass is 16.2. The van der Waals surface area contributed by atoms with Gasteiger partial charge in [-0.05, 0) is 37.0 Å². The van der Waals surface area contributed by atoms with Crippen molar-refractivity contribution in [2.24, 2.45) is 4.99 Å². The van der Waals surface area contributed by atoms with Crippen LogP contribution >= 0.6 is 0 Å². The molecule has 1 saturated heterocycles. The quantitative estimate of drug-likeness (QED) is 0.846. The maximum Gasteiger partial charge on any atom is 0.272 e. The van der Waals surface area contributed by atoms with Crippen molar-refractivity contribution in [2.75, 3.05) is 11.4 Å². The number of anilines is 1. The second-order valence-corrected chi connectivity index (χ2v) is 5.50. The van der Waals surface area contributed by atoms with Gasteiger partial charge in [0.2, 0.25) is 0 Å². The van der Waals surface area contributed by atoms with E-state index in [1.54, 1.807) is 0 Å². The van der Waals surface area contributed by atoms with Gasteiger partial charge in [0.1, 0.15) is 5.71 Å². The van der Waals surface area contributed by atoms with Crippen molar-refractivity contribution >= 4 is 17.3 Å². The van der Waals surface area contributed by atoms with Gasteiger partial charge < -0.3 is 4.90 Å². The Bertz CT molecular complexity index is 650. The van der Waals surface area contributed by atoms with E-state index in [1.165, 1.54) is 0 Å². The number of aliphatic imine (C=N–C) groups is 1. The van der Waals surface area contributed by atoms with Crippen molar-refractivity contribution in [3.05, 3.63) is 66.2 Å². The van der Waals surface area contributed by atoms with Gasteiger partial charge in [-0.15, -0.1) is 0 Å². The molecule has 0 bridgehead atoms. The van der Waals surface area contributed by atoms with Crippen LogP contribution in [-0.2, 0) is 11.3 Å². The molecular weight excluding hydrogens is 272 g/mol. The number of carbonyl (C=O) groups is 1. The molecule has 0 radical (unpaired) electrons. The van der Waals surface area contributed by atoms with Crippen LogP contribution in [0.3, 0.4) is 0 Å². The summed E-state index contributed by atoms with van der Waals surface area (Å²) in [4.78, 5) is 19.2. The van der Waals surface area contributed by atoms with Crippen molar-refractivity contribution in [3.63, 3.8) is 0 Å². The normalized spacial score (nSPS) is 17.5. The Labute approximate surface area is 131 Å². The summed E-state index contributed by atoms with van der Waals surface area (Å²) in [7, 11) is 0. The number of amides is 1. The lowest BCUT2D eigenvalue weighted by atomic mass is 10.2. The van der Waals surface area contributed by atoms with Crippen LogP contribution in [0, 0.1) is 0 Å². The van der Waals surface area contributed by atoms with E-state index < -0.39 is 0 Å². The lowest BCUT2D eigenvalue weighted by molar-refractivity contribution is -0.112. The Hall–Kier alpha value is -2.42. The summed E-state index contributed by atoms with van der Waals surface area (Å²) < 4.78 is 0. The maximum atomic E-state index is 12.8. The largest absolute Gasteiger partial charge is 0.307 e. The molecule has 112 valence electrons. The molecule has 2 aromatic carbocycles. The number of rotatable bonds is 3. The fourth-order valence-corrected chi connectivity index (χ4v) is 2.70. The molecular formula is C19H20N2O. The average Bonchev–Trinajstić information content (AvgIpc) is 2.76. The van der Waals surface area contributed by atoms with E-state index >= 15 is 0 Å². The molecule has 0 aromatic heterocycles. The zero-order chi connectivity index (χ0) is 15.2. The number of para-hydroxylation sites is 1. The number of nitrogens with zero attached hydrogens (tertiary/aromatic N) is 2. The van der Waals surface area contributed by atoms with Gasteiger partial charge in [-0.25, -0.2) is 0 Å². The first kappa shape index (κ1) is 14.5. The molecule has 0 spiro atoms. The smallest absolute Gasteiger partial charge is 0.272 e. The highest BCUT2D eigenvalue weighted by Gasteiger charge is 2.23. The van der Waals surface area contributed by atoms with E-state index in [0.717, 1.165) is 37.1 Å². The topological polar surface area (TPSA) is 32.7 Å². The molecule has 0 aliphatic carbocycles. The van der Waals surface area contributed by atoms with Crippen molar-refractivity contribution < 1.29 is 4.79 Å². The molecule has 1 heterocycles. The maximum absolute atomic E-state index is 12.8. The Morgan fingerprint density at radius 2 is 1.59 bits per heavy atom. The molecule has 22 heavy (non-hydrogen) atoms. The molecule has 1 amide bonds. The summed E-state index contributed by atoms with van der Waals surface area (Å²) in [5.74, 6) is 0.0552. The second-order valence-electron chi connectivity index (χ2n) is 5.50. The first-order valence-electron chi connectivity index (χ1n) is 7.79. The van der Waals surface area contributed by atoms with Gasteiger partial charge in [0.15, 0.2) is 0 Å². The minimum atomic E-state index is 0.0552. The lowest BCUT2D eigenvalue weighted by Gasteiger charge is -2.20. The summed E-state index contributed by atoms with van der Waals surface area (Å²) in [5, 5.41) is 0. The van der Waals surface area contributed by atoms with Gasteiger partial charge in [-0.3, -0.25) is 9.79 Å². The van der Waals surface area contributed by atoms with Crippen molar-refractivity contribution in [1.29, 1.82) is 0 Å². The lowest BCUT2D eigenvalue weighted by Crippen LogP contribution is -2.35. The van der Waals surface area contributed by atoms with Crippen LogP contribution in [0.25, 0.3) is 0 Å². The molecule has 1 aliphatic rings. The van der Waals surface area contributed by atoms with Gasteiger partial charge in [0.05, 0.1) is 6.54 Å². The fraction of sp³-hybridized carbons (Fsp3) is 0.263. The second kappa shape index (κ2) is 7.03. The van der Waals surface area contributed by atoms with E-state index in [9.17, 15) is 4.79 Å². The van der Waals surface area contributed by atoms with Crippen LogP contribution < -0.4 is 4.90 Å². The Morgan fingerprint density at radius 1 is 0.909 bits per heavy atom. The highest BCUT2D eigenvalue weighted by molar-refractivity contribution is 6.43. The highest BCUT2D eigenvalue weighted by Crippen LogP contribution is 2.19. The SMILES string of the molecule is O=C1C(=NCc2ccccc2)CCCCN1c1ccccc1. The molecule has 0 unspecified atom stereocenters. The fourth-order valence-electron chi connectivity index (χ4n) is 2.70. The van der Waals surface area contributed by atoms with Crippen molar-refractivity contribution in [1.82, 2.24) is 0 Å². The summed E-state index contributed by atoms with van der Waals surface area (Å²) in [5.41, 5.74) is 2.80. The summed E-state index contributed by atoms with van der Waals surface area (Å²) in [6.45, 7) is 1.34. The number of benzene rings is 2. The molecule has 3 nitrogen and oxygen atoms in total. The van der Waals surface area contributed by atoms with Crippen LogP contribution in [0.2, 0.25) is 0 Å². The molecule has 0 atom stereocenters. The minimum Gasteiger partial charge on any atom is -0.307 e. The van der Waals surface area contributed by atoms with Crippen molar-refractivity contribution in [2.45, 2.75) is 25.8 Å². The third-order valence-electron chi connectivity index (χ3n) is 3.90. The Morgan fingerprint density at radius 3 is 2.32 bits per heavy atom. The number of hydrogen-bond donors (Lipinski definition) is 0. The third kappa shape index (κ3) is 3.42. The van der Waals surface area contributed by atoms with Gasteiger partial charge in [-0.2, -0.15) is 0 Å². The predicted octanol–water partition coefficient (Wildman–Crippen LogP) is 3.84. The van der Waals surface area contributed by atoms with Crippen LogP contribution in [0.4, 0.5) is 5.69 Å². The van der Waals surface area contributed by atoms with Crippen LogP contribution in [0.1, 0.15) is 24.8 Å². The van der Waals surface area contributed by atoms with E-state index in [2.05, 4.69) is 4.99 Å². The first-order valence-corrected chi connectivity index (χ1v) is 7.79. The molecule has 0 saturated carbocycles. The Balaban J connectivity index is 1.80. The van der Waals surface area contributed by atoms with E-state index in [4.69, 9.17) is 0 Å². The summed E-state index contributed by atoms with van der Waals surface area (Å²) in [6.07, 6.45) is 2.81. The van der Waals surface area contributed by atoms with Crippen molar-refractivity contribution in [3.8, 4) is 0 Å². The zero-order valence-electron chi connectivity index (χ0n) is 12.6. The van der Waals surface area contributed by atoms with Gasteiger partial charge >= 0.3 is 0 Å². The van der Waals surface area contributed by atoms with Crippen LogP contribution in [0.5, 0.6) is 0 Å². The standard InChI is InChI=1S/C19H20N2O/c22-19-18(20-15-16-9-3-1-4-10-16)13-7-8-14-21(19)17-11-5-2-6-12-17/h1-6,9-12H,7-8,13-15H2. The molecule has 3 rings (SSSR count). The molecule has 1 aliphatic heterocycles. The minimum absolute atomic E-state index is 0.0552. The number of carbonyl (C=O) groups excluding carboxylic acids is 1. The molecule has 2 aromatic rings. The van der Waals surface area contributed by atoms with Gasteiger partial charge in [0, 0.05) is 12.2 Å². The van der Waals surface area contributed by atoms with Gasteiger partial charge in [-0.1, -0.05) is 48.5 Å². The molecule has 3 heteroatoms. The summed E-state index contributed by atoms with van der Waals surface area (Å²) in [6, 6.07) is 19.9. The van der Waals surface area contributed by atoms with E-state index in [0.29, 0.717) is 12.3 Å². The predicted molar refractivity (Wildman–Crippen MR) is 90.2 cm³/mol. The Kier molecular flexibility index (Phi) is 4.64.